The first-order valence-electron chi connectivity index (χ1n) is 13.0. The fourth-order valence-electron chi connectivity index (χ4n) is 5.49. The molecular weight excluding hydrogens is 576 g/mol. The van der Waals surface area contributed by atoms with Crippen molar-refractivity contribution < 1.29 is 18.1 Å². The highest BCUT2D eigenvalue weighted by Gasteiger charge is 2.42. The molecule has 0 radical (unpaired) electrons. The Labute approximate surface area is 249 Å². The van der Waals surface area contributed by atoms with Gasteiger partial charge in [-0.25, -0.2) is 8.42 Å². The molecule has 5 rings (SSSR count). The molecule has 1 saturated heterocycles. The molecule has 0 saturated carbocycles. The van der Waals surface area contributed by atoms with Gasteiger partial charge in [-0.05, 0) is 86.6 Å². The number of nitro groups is 1. The van der Waals surface area contributed by atoms with E-state index >= 15 is 0 Å². The lowest BCUT2D eigenvalue weighted by atomic mass is 9.96. The van der Waals surface area contributed by atoms with Crippen LogP contribution in [0.1, 0.15) is 40.3 Å². The van der Waals surface area contributed by atoms with E-state index in [9.17, 15) is 18.5 Å². The van der Waals surface area contributed by atoms with Crippen LogP contribution in [-0.4, -0.2) is 41.4 Å². The zero-order valence-electron chi connectivity index (χ0n) is 23.7. The van der Waals surface area contributed by atoms with Gasteiger partial charge < -0.3 is 19.5 Å². The van der Waals surface area contributed by atoms with E-state index < -0.39 is 14.9 Å². The number of nitrogens with one attached hydrogen (secondary N) is 2. The van der Waals surface area contributed by atoms with E-state index in [0.717, 1.165) is 40.2 Å². The first kappa shape index (κ1) is 29.0. The molecule has 42 heavy (non-hydrogen) atoms. The Morgan fingerprint density at radius 1 is 1.10 bits per heavy atom. The Morgan fingerprint density at radius 3 is 2.48 bits per heavy atom. The third kappa shape index (κ3) is 5.40. The summed E-state index contributed by atoms with van der Waals surface area (Å²) in [6, 6.07) is 17.0. The van der Waals surface area contributed by atoms with Crippen molar-refractivity contribution in [3.63, 3.8) is 0 Å². The number of anilines is 2. The van der Waals surface area contributed by atoms with Gasteiger partial charge in [-0.3, -0.25) is 19.8 Å². The van der Waals surface area contributed by atoms with Crippen molar-refractivity contribution in [1.82, 2.24) is 14.9 Å². The first-order chi connectivity index (χ1) is 19.9. The van der Waals surface area contributed by atoms with Gasteiger partial charge in [0, 0.05) is 35.4 Å². The number of benzene rings is 2. The molecule has 1 aliphatic rings. The van der Waals surface area contributed by atoms with E-state index in [0.29, 0.717) is 22.2 Å². The third-order valence-corrected chi connectivity index (χ3v) is 8.19. The lowest BCUT2D eigenvalue weighted by Gasteiger charge is -2.29. The number of aromatic nitrogens is 2. The molecule has 1 fully saturated rings. The van der Waals surface area contributed by atoms with Gasteiger partial charge in [-0.2, -0.15) is 0 Å². The molecule has 2 aromatic heterocycles. The van der Waals surface area contributed by atoms with Gasteiger partial charge in [0.05, 0.1) is 47.4 Å². The second-order valence-corrected chi connectivity index (χ2v) is 12.3. The summed E-state index contributed by atoms with van der Waals surface area (Å²) in [4.78, 5) is 17.8. The summed E-state index contributed by atoms with van der Waals surface area (Å²) in [5.74, 6) is 0.497. The van der Waals surface area contributed by atoms with Crippen molar-refractivity contribution in [2.24, 2.45) is 0 Å². The molecule has 4 aromatic rings. The molecule has 13 heteroatoms. The first-order valence-corrected chi connectivity index (χ1v) is 15.3. The van der Waals surface area contributed by atoms with Crippen molar-refractivity contribution in [2.75, 3.05) is 23.0 Å². The molecule has 0 bridgehead atoms. The molecule has 2 unspecified atom stereocenters. The number of non-ortho nitro benzene ring substituents is 1. The summed E-state index contributed by atoms with van der Waals surface area (Å²) in [6.45, 7) is 5.72. The van der Waals surface area contributed by atoms with Crippen LogP contribution in [-0.2, 0) is 10.0 Å². The fourth-order valence-corrected chi connectivity index (χ4v) is 6.46. The Balaban J connectivity index is 1.68. The maximum atomic E-state index is 11.9. The average Bonchev–Trinajstić information content (AvgIpc) is 3.43. The standard InChI is InChI=1S/C29H30N6O5S2/c1-17-14-20(9-11-23(17)32-42(5,38)39)34-28(27(31-29(34)41)24-8-6-7-13-30-24)22-15-18(2)33(19(22)3)25-16-21(35(36)37)10-12-26(25)40-4/h6-16,27-28,32H,1-5H3,(H,31,41). The van der Waals surface area contributed by atoms with Gasteiger partial charge in [0.1, 0.15) is 5.75 Å². The molecule has 2 N–H and O–H groups in total. The second-order valence-electron chi connectivity index (χ2n) is 10.1. The molecule has 2 aromatic carbocycles. The molecular formula is C29H30N6O5S2. The number of hydrogen-bond donors (Lipinski definition) is 2. The van der Waals surface area contributed by atoms with Crippen LogP contribution >= 0.6 is 12.2 Å². The second kappa shape index (κ2) is 11.1. The van der Waals surface area contributed by atoms with Crippen LogP contribution in [0.25, 0.3) is 5.69 Å². The number of ether oxygens (including phenoxy) is 1. The largest absolute Gasteiger partial charge is 0.495 e. The number of nitrogens with zero attached hydrogens (tertiary/aromatic N) is 4. The summed E-state index contributed by atoms with van der Waals surface area (Å²) in [5, 5.41) is 15.5. The Bertz CT molecular complexity index is 1810. The number of nitro benzene ring substituents is 1. The molecule has 1 aliphatic heterocycles. The summed E-state index contributed by atoms with van der Waals surface area (Å²) in [5.41, 5.74) is 5.90. The molecule has 2 atom stereocenters. The van der Waals surface area contributed by atoms with E-state index in [1.807, 2.05) is 66.6 Å². The SMILES string of the molecule is COc1ccc([N+](=O)[O-])cc1-n1c(C)cc(C2C(c3ccccn3)NC(=S)N2c2ccc(NS(C)(=O)=O)c(C)c2)c1C. The van der Waals surface area contributed by atoms with Gasteiger partial charge in [-0.1, -0.05) is 6.07 Å². The van der Waals surface area contributed by atoms with Crippen molar-refractivity contribution >= 4 is 44.4 Å². The van der Waals surface area contributed by atoms with Crippen LogP contribution in [0.15, 0.2) is 66.9 Å². The highest BCUT2D eigenvalue weighted by Crippen LogP contribution is 2.45. The van der Waals surface area contributed by atoms with E-state index in [1.165, 1.54) is 19.2 Å². The van der Waals surface area contributed by atoms with Gasteiger partial charge in [0.25, 0.3) is 5.69 Å². The molecule has 3 heterocycles. The average molecular weight is 607 g/mol. The monoisotopic (exact) mass is 606 g/mol. The van der Waals surface area contributed by atoms with Crippen molar-refractivity contribution in [2.45, 2.75) is 32.9 Å². The Kier molecular flexibility index (Phi) is 7.64. The minimum Gasteiger partial charge on any atom is -0.495 e. The van der Waals surface area contributed by atoms with Gasteiger partial charge in [0.15, 0.2) is 5.11 Å². The van der Waals surface area contributed by atoms with Crippen LogP contribution in [0.5, 0.6) is 5.75 Å². The number of rotatable bonds is 8. The van der Waals surface area contributed by atoms with E-state index in [4.69, 9.17) is 17.0 Å². The molecule has 0 spiro atoms. The van der Waals surface area contributed by atoms with Crippen LogP contribution < -0.4 is 19.7 Å². The summed E-state index contributed by atoms with van der Waals surface area (Å²) in [7, 11) is -1.92. The van der Waals surface area contributed by atoms with E-state index in [1.54, 1.807) is 18.3 Å². The number of pyridine rings is 1. The highest BCUT2D eigenvalue weighted by atomic mass is 32.2. The third-order valence-electron chi connectivity index (χ3n) is 7.28. The topological polar surface area (TPSA) is 132 Å². The Hall–Kier alpha value is -4.49. The lowest BCUT2D eigenvalue weighted by Crippen LogP contribution is -2.29. The van der Waals surface area contributed by atoms with Crippen LogP contribution in [0.3, 0.4) is 0 Å². The summed E-state index contributed by atoms with van der Waals surface area (Å²) < 4.78 is 33.8. The highest BCUT2D eigenvalue weighted by molar-refractivity contribution is 7.92. The normalized spacial score (nSPS) is 16.8. The molecule has 11 nitrogen and oxygen atoms in total. The van der Waals surface area contributed by atoms with Crippen LogP contribution in [0.2, 0.25) is 0 Å². The van der Waals surface area contributed by atoms with Crippen LogP contribution in [0, 0.1) is 30.9 Å². The minimum atomic E-state index is -3.45. The van der Waals surface area contributed by atoms with Gasteiger partial charge in [0.2, 0.25) is 10.0 Å². The zero-order chi connectivity index (χ0) is 30.3. The van der Waals surface area contributed by atoms with Crippen molar-refractivity contribution in [3.05, 3.63) is 105 Å². The molecule has 0 aliphatic carbocycles. The lowest BCUT2D eigenvalue weighted by molar-refractivity contribution is -0.384. The number of sulfonamides is 1. The molecule has 218 valence electrons. The number of hydrogen-bond acceptors (Lipinski definition) is 7. The predicted molar refractivity (Wildman–Crippen MR) is 166 cm³/mol. The van der Waals surface area contributed by atoms with Crippen LogP contribution in [0.4, 0.5) is 17.1 Å². The van der Waals surface area contributed by atoms with E-state index in [-0.39, 0.29) is 17.8 Å². The maximum Gasteiger partial charge on any atom is 0.271 e. The van der Waals surface area contributed by atoms with E-state index in [2.05, 4.69) is 15.0 Å². The van der Waals surface area contributed by atoms with Gasteiger partial charge >= 0.3 is 0 Å². The van der Waals surface area contributed by atoms with Crippen molar-refractivity contribution in [3.8, 4) is 11.4 Å². The molecule has 0 amide bonds. The Morgan fingerprint density at radius 2 is 1.86 bits per heavy atom. The summed E-state index contributed by atoms with van der Waals surface area (Å²) >= 11 is 5.88. The number of aryl methyl sites for hydroxylation is 2. The zero-order valence-corrected chi connectivity index (χ0v) is 25.3. The predicted octanol–water partition coefficient (Wildman–Crippen LogP) is 5.26. The number of thiocarbonyl (C=S) groups is 1. The summed E-state index contributed by atoms with van der Waals surface area (Å²) in [6.07, 6.45) is 2.84. The fraction of sp³-hybridized carbons (Fsp3) is 0.241. The smallest absolute Gasteiger partial charge is 0.271 e. The quantitative estimate of drug-likeness (QED) is 0.157. The minimum absolute atomic E-state index is 0.0465. The van der Waals surface area contributed by atoms with Gasteiger partial charge in [-0.15, -0.1) is 0 Å². The number of methoxy groups -OCH3 is 1. The van der Waals surface area contributed by atoms with Crippen molar-refractivity contribution in [1.29, 1.82) is 0 Å². The maximum absolute atomic E-state index is 11.9.